The van der Waals surface area contributed by atoms with Crippen LogP contribution < -0.4 is 5.32 Å². The van der Waals surface area contributed by atoms with Crippen molar-refractivity contribution in [3.05, 3.63) is 0 Å². The molecule has 0 spiro atoms. The van der Waals surface area contributed by atoms with Gasteiger partial charge in [0.25, 0.3) is 0 Å². The van der Waals surface area contributed by atoms with Crippen molar-refractivity contribution in [1.82, 2.24) is 5.32 Å². The number of halogens is 1. The zero-order chi connectivity index (χ0) is 10.1. The van der Waals surface area contributed by atoms with Crippen molar-refractivity contribution in [2.24, 2.45) is 0 Å². The van der Waals surface area contributed by atoms with E-state index in [0.29, 0.717) is 13.0 Å². The number of carbonyl (C=O) groups is 2. The van der Waals surface area contributed by atoms with Gasteiger partial charge in [-0.25, -0.2) is 0 Å². The highest BCUT2D eigenvalue weighted by molar-refractivity contribution is 9.09. The van der Waals surface area contributed by atoms with Crippen molar-refractivity contribution < 1.29 is 14.3 Å². The largest absolute Gasteiger partial charge is 0.465 e. The van der Waals surface area contributed by atoms with Gasteiger partial charge in [0.05, 0.1) is 6.61 Å². The monoisotopic (exact) mass is 251 g/mol. The molecule has 1 amide bonds. The molecule has 0 bridgehead atoms. The molecule has 0 saturated heterocycles. The third-order valence-electron chi connectivity index (χ3n) is 1.27. The standard InChI is InChI=1S/C8H14BrNO3/c1-2-13-8(12)6-10-7(11)4-3-5-9/h2-6H2,1H3,(H,10,11). The van der Waals surface area contributed by atoms with Crippen LogP contribution in [0.1, 0.15) is 19.8 Å². The molecule has 0 aliphatic rings. The molecular formula is C8H14BrNO3. The van der Waals surface area contributed by atoms with E-state index in [4.69, 9.17) is 0 Å². The van der Waals surface area contributed by atoms with Gasteiger partial charge in [-0.3, -0.25) is 9.59 Å². The van der Waals surface area contributed by atoms with Gasteiger partial charge >= 0.3 is 5.97 Å². The summed E-state index contributed by atoms with van der Waals surface area (Å²) in [6.07, 6.45) is 1.21. The van der Waals surface area contributed by atoms with Gasteiger partial charge < -0.3 is 10.1 Å². The maximum Gasteiger partial charge on any atom is 0.325 e. The Morgan fingerprint density at radius 2 is 2.15 bits per heavy atom. The van der Waals surface area contributed by atoms with Crippen LogP contribution in [-0.4, -0.2) is 30.4 Å². The summed E-state index contributed by atoms with van der Waals surface area (Å²) < 4.78 is 4.63. The minimum atomic E-state index is -0.394. The summed E-state index contributed by atoms with van der Waals surface area (Å²) in [5.74, 6) is -0.512. The fourth-order valence-electron chi connectivity index (χ4n) is 0.699. The molecule has 0 atom stereocenters. The second kappa shape index (κ2) is 8.04. The molecule has 0 aromatic rings. The molecule has 13 heavy (non-hydrogen) atoms. The van der Waals surface area contributed by atoms with E-state index in [9.17, 15) is 9.59 Å². The number of esters is 1. The number of ether oxygens (including phenoxy) is 1. The van der Waals surface area contributed by atoms with E-state index in [0.717, 1.165) is 11.8 Å². The van der Waals surface area contributed by atoms with Gasteiger partial charge in [-0.1, -0.05) is 15.9 Å². The van der Waals surface area contributed by atoms with Gasteiger partial charge in [0.15, 0.2) is 0 Å². The van der Waals surface area contributed by atoms with Crippen molar-refractivity contribution in [2.75, 3.05) is 18.5 Å². The lowest BCUT2D eigenvalue weighted by Gasteiger charge is -2.03. The van der Waals surface area contributed by atoms with Gasteiger partial charge in [0.1, 0.15) is 6.54 Å². The number of hydrogen-bond acceptors (Lipinski definition) is 3. The smallest absolute Gasteiger partial charge is 0.325 e. The highest BCUT2D eigenvalue weighted by Gasteiger charge is 2.04. The highest BCUT2D eigenvalue weighted by Crippen LogP contribution is 1.92. The van der Waals surface area contributed by atoms with Crippen LogP contribution in [0.4, 0.5) is 0 Å². The SMILES string of the molecule is CCOC(=O)CNC(=O)CCCBr. The lowest BCUT2D eigenvalue weighted by Crippen LogP contribution is -2.30. The molecule has 0 rings (SSSR count). The molecule has 0 aromatic carbocycles. The van der Waals surface area contributed by atoms with E-state index in [2.05, 4.69) is 26.0 Å². The third kappa shape index (κ3) is 7.77. The fourth-order valence-corrected chi connectivity index (χ4v) is 0.979. The summed E-state index contributed by atoms with van der Waals surface area (Å²) in [4.78, 5) is 21.7. The minimum absolute atomic E-state index is 0.0328. The van der Waals surface area contributed by atoms with Crippen LogP contribution in [0, 0.1) is 0 Å². The zero-order valence-corrected chi connectivity index (χ0v) is 9.22. The molecule has 0 radical (unpaired) electrons. The van der Waals surface area contributed by atoms with E-state index >= 15 is 0 Å². The number of alkyl halides is 1. The van der Waals surface area contributed by atoms with Gasteiger partial charge in [0.2, 0.25) is 5.91 Å². The molecule has 0 aromatic heterocycles. The Labute approximate surface area is 86.1 Å². The lowest BCUT2D eigenvalue weighted by atomic mass is 10.3. The van der Waals surface area contributed by atoms with Crippen LogP contribution in [0.2, 0.25) is 0 Å². The van der Waals surface area contributed by atoms with E-state index in [1.807, 2.05) is 0 Å². The van der Waals surface area contributed by atoms with Crippen LogP contribution in [-0.2, 0) is 14.3 Å². The normalized spacial score (nSPS) is 9.38. The number of nitrogens with one attached hydrogen (secondary N) is 1. The van der Waals surface area contributed by atoms with E-state index in [-0.39, 0.29) is 12.5 Å². The summed E-state index contributed by atoms with van der Waals surface area (Å²) in [6, 6.07) is 0. The molecule has 0 aliphatic carbocycles. The second-order valence-electron chi connectivity index (χ2n) is 2.37. The molecule has 0 saturated carbocycles. The molecular weight excluding hydrogens is 238 g/mol. The Bertz CT molecular complexity index is 173. The molecule has 5 heteroatoms. The van der Waals surface area contributed by atoms with E-state index in [1.165, 1.54) is 0 Å². The van der Waals surface area contributed by atoms with Crippen LogP contribution in [0.15, 0.2) is 0 Å². The van der Waals surface area contributed by atoms with Crippen LogP contribution in [0.25, 0.3) is 0 Å². The topological polar surface area (TPSA) is 55.4 Å². The van der Waals surface area contributed by atoms with Crippen molar-refractivity contribution >= 4 is 27.8 Å². The summed E-state index contributed by atoms with van der Waals surface area (Å²) >= 11 is 3.21. The summed E-state index contributed by atoms with van der Waals surface area (Å²) in [7, 11) is 0. The number of rotatable bonds is 6. The summed E-state index contributed by atoms with van der Waals surface area (Å²) in [6.45, 7) is 2.04. The first-order chi connectivity index (χ1) is 6.20. The molecule has 0 aliphatic heterocycles. The van der Waals surface area contributed by atoms with Gasteiger partial charge in [-0.2, -0.15) is 0 Å². The third-order valence-corrected chi connectivity index (χ3v) is 1.83. The van der Waals surface area contributed by atoms with Crippen molar-refractivity contribution in [2.45, 2.75) is 19.8 Å². The van der Waals surface area contributed by atoms with E-state index in [1.54, 1.807) is 6.92 Å². The Morgan fingerprint density at radius 1 is 1.46 bits per heavy atom. The number of hydrogen-bond donors (Lipinski definition) is 1. The quantitative estimate of drug-likeness (QED) is 0.563. The molecule has 0 unspecified atom stereocenters. The molecule has 76 valence electrons. The van der Waals surface area contributed by atoms with Crippen molar-refractivity contribution in [3.63, 3.8) is 0 Å². The van der Waals surface area contributed by atoms with E-state index < -0.39 is 5.97 Å². The van der Waals surface area contributed by atoms with Crippen molar-refractivity contribution in [1.29, 1.82) is 0 Å². The first-order valence-corrected chi connectivity index (χ1v) is 5.31. The summed E-state index contributed by atoms with van der Waals surface area (Å²) in [5, 5.41) is 3.26. The van der Waals surface area contributed by atoms with Gasteiger partial charge in [-0.15, -0.1) is 0 Å². The fraction of sp³-hybridized carbons (Fsp3) is 0.750. The van der Waals surface area contributed by atoms with Crippen LogP contribution in [0.3, 0.4) is 0 Å². The molecule has 4 nitrogen and oxygen atoms in total. The van der Waals surface area contributed by atoms with Crippen LogP contribution in [0.5, 0.6) is 0 Å². The highest BCUT2D eigenvalue weighted by atomic mass is 79.9. The maximum absolute atomic E-state index is 11.0. The lowest BCUT2D eigenvalue weighted by molar-refractivity contribution is -0.143. The molecule has 0 fully saturated rings. The predicted molar refractivity (Wildman–Crippen MR) is 52.7 cm³/mol. The Balaban J connectivity index is 3.40. The van der Waals surface area contributed by atoms with Gasteiger partial charge in [-0.05, 0) is 13.3 Å². The van der Waals surface area contributed by atoms with Crippen LogP contribution >= 0.6 is 15.9 Å². The molecule has 1 N–H and O–H groups in total. The second-order valence-corrected chi connectivity index (χ2v) is 3.17. The maximum atomic E-state index is 11.0. The van der Waals surface area contributed by atoms with Gasteiger partial charge in [0, 0.05) is 11.8 Å². The average Bonchev–Trinajstić information content (AvgIpc) is 2.12. The number of amides is 1. The minimum Gasteiger partial charge on any atom is -0.465 e. The Morgan fingerprint density at radius 3 is 2.69 bits per heavy atom. The first-order valence-electron chi connectivity index (χ1n) is 4.19. The number of carbonyl (C=O) groups excluding carboxylic acids is 2. The summed E-state index contributed by atoms with van der Waals surface area (Å²) in [5.41, 5.74) is 0. The molecule has 0 heterocycles. The predicted octanol–water partition coefficient (Wildman–Crippen LogP) is 0.841. The average molecular weight is 252 g/mol. The Hall–Kier alpha value is -0.580. The first kappa shape index (κ1) is 12.4. The Kier molecular flexibility index (Phi) is 7.68. The zero-order valence-electron chi connectivity index (χ0n) is 7.64. The van der Waals surface area contributed by atoms with Crippen molar-refractivity contribution in [3.8, 4) is 0 Å².